The zero-order valence-corrected chi connectivity index (χ0v) is 12.4. The molecular formula is C17H20N4O. The Balaban J connectivity index is 1.53. The summed E-state index contributed by atoms with van der Waals surface area (Å²) in [6, 6.07) is 9.84. The van der Waals surface area contributed by atoms with Crippen molar-refractivity contribution in [2.75, 3.05) is 0 Å². The SMILES string of the molecule is N#Cc1cccc(CN[C@@H]2CC(Cn3ccnc3)C[C@H]2O)c1. The highest BCUT2D eigenvalue weighted by Gasteiger charge is 2.32. The second-order valence-corrected chi connectivity index (χ2v) is 5.96. The molecule has 0 aliphatic heterocycles. The Hall–Kier alpha value is -2.16. The molecule has 0 saturated heterocycles. The molecule has 3 rings (SSSR count). The van der Waals surface area contributed by atoms with Crippen LogP contribution in [0.3, 0.4) is 0 Å². The number of hydrogen-bond donors (Lipinski definition) is 2. The van der Waals surface area contributed by atoms with E-state index in [0.717, 1.165) is 24.9 Å². The summed E-state index contributed by atoms with van der Waals surface area (Å²) in [6.07, 6.45) is 7.02. The molecule has 2 N–H and O–H groups in total. The first-order chi connectivity index (χ1) is 10.7. The molecule has 1 fully saturated rings. The summed E-state index contributed by atoms with van der Waals surface area (Å²) >= 11 is 0. The van der Waals surface area contributed by atoms with Crippen LogP contribution < -0.4 is 5.32 Å². The van der Waals surface area contributed by atoms with Gasteiger partial charge in [-0.15, -0.1) is 0 Å². The lowest BCUT2D eigenvalue weighted by Crippen LogP contribution is -2.35. The second kappa shape index (κ2) is 6.73. The lowest BCUT2D eigenvalue weighted by Gasteiger charge is -2.16. The van der Waals surface area contributed by atoms with Gasteiger partial charge in [-0.25, -0.2) is 4.98 Å². The van der Waals surface area contributed by atoms with E-state index in [4.69, 9.17) is 5.26 Å². The summed E-state index contributed by atoms with van der Waals surface area (Å²) in [5.74, 6) is 0.465. The maximum Gasteiger partial charge on any atom is 0.0991 e. The lowest BCUT2D eigenvalue weighted by atomic mass is 10.1. The van der Waals surface area contributed by atoms with Gasteiger partial charge in [0.25, 0.3) is 0 Å². The number of aliphatic hydroxyl groups excluding tert-OH is 1. The maximum absolute atomic E-state index is 10.2. The molecule has 0 radical (unpaired) electrons. The average Bonchev–Trinajstić information content (AvgIpc) is 3.15. The Labute approximate surface area is 130 Å². The molecule has 1 aliphatic carbocycles. The van der Waals surface area contributed by atoms with Crippen LogP contribution in [-0.2, 0) is 13.1 Å². The van der Waals surface area contributed by atoms with Gasteiger partial charge in [-0.1, -0.05) is 12.1 Å². The van der Waals surface area contributed by atoms with Gasteiger partial charge in [-0.05, 0) is 36.5 Å². The largest absolute Gasteiger partial charge is 0.391 e. The lowest BCUT2D eigenvalue weighted by molar-refractivity contribution is 0.145. The van der Waals surface area contributed by atoms with Gasteiger partial charge in [0.1, 0.15) is 0 Å². The van der Waals surface area contributed by atoms with Crippen LogP contribution in [0.15, 0.2) is 43.0 Å². The number of aliphatic hydroxyl groups is 1. The third kappa shape index (κ3) is 3.53. The number of nitrogens with one attached hydrogen (secondary N) is 1. The van der Waals surface area contributed by atoms with E-state index in [1.165, 1.54) is 0 Å². The van der Waals surface area contributed by atoms with Gasteiger partial charge in [0.15, 0.2) is 0 Å². The molecule has 5 heteroatoms. The Kier molecular flexibility index (Phi) is 4.52. The van der Waals surface area contributed by atoms with Crippen molar-refractivity contribution in [3.05, 3.63) is 54.1 Å². The molecule has 0 spiro atoms. The number of aromatic nitrogens is 2. The van der Waals surface area contributed by atoms with E-state index in [1.807, 2.05) is 30.7 Å². The summed E-state index contributed by atoms with van der Waals surface area (Å²) in [6.45, 7) is 1.58. The van der Waals surface area contributed by atoms with Crippen LogP contribution in [0.2, 0.25) is 0 Å². The van der Waals surface area contributed by atoms with Crippen LogP contribution in [0.1, 0.15) is 24.0 Å². The molecule has 1 unspecified atom stereocenters. The quantitative estimate of drug-likeness (QED) is 0.880. The van der Waals surface area contributed by atoms with Crippen molar-refractivity contribution in [3.8, 4) is 6.07 Å². The zero-order chi connectivity index (χ0) is 15.4. The van der Waals surface area contributed by atoms with Crippen LogP contribution in [0.25, 0.3) is 0 Å². The van der Waals surface area contributed by atoms with Crippen LogP contribution in [-0.4, -0.2) is 26.8 Å². The number of nitrogens with zero attached hydrogens (tertiary/aromatic N) is 3. The molecule has 114 valence electrons. The second-order valence-electron chi connectivity index (χ2n) is 5.96. The summed E-state index contributed by atoms with van der Waals surface area (Å²) in [5.41, 5.74) is 1.74. The van der Waals surface area contributed by atoms with Gasteiger partial charge in [0.2, 0.25) is 0 Å². The van der Waals surface area contributed by atoms with E-state index in [0.29, 0.717) is 18.0 Å². The van der Waals surface area contributed by atoms with E-state index in [2.05, 4.69) is 20.9 Å². The zero-order valence-electron chi connectivity index (χ0n) is 12.4. The van der Waals surface area contributed by atoms with E-state index < -0.39 is 0 Å². The van der Waals surface area contributed by atoms with E-state index in [-0.39, 0.29) is 12.1 Å². The molecule has 0 bridgehead atoms. The predicted octanol–water partition coefficient (Wildman–Crippen LogP) is 1.68. The Bertz CT molecular complexity index is 647. The van der Waals surface area contributed by atoms with Crippen molar-refractivity contribution in [2.45, 2.75) is 38.1 Å². The number of imidazole rings is 1. The standard InChI is InChI=1S/C17H20N4O/c18-9-13-2-1-3-14(6-13)10-20-16-7-15(8-17(16)22)11-21-5-4-19-12-21/h1-6,12,15-17,20,22H,7-8,10-11H2/t15?,16-,17-/m1/s1. The third-order valence-corrected chi connectivity index (χ3v) is 4.28. The van der Waals surface area contributed by atoms with Crippen molar-refractivity contribution < 1.29 is 5.11 Å². The molecule has 1 aliphatic rings. The minimum Gasteiger partial charge on any atom is -0.391 e. The summed E-state index contributed by atoms with van der Waals surface area (Å²) in [5, 5.41) is 22.6. The number of rotatable bonds is 5. The smallest absolute Gasteiger partial charge is 0.0991 e. The molecule has 5 nitrogen and oxygen atoms in total. The molecule has 3 atom stereocenters. The molecule has 1 heterocycles. The minimum absolute atomic E-state index is 0.110. The highest BCUT2D eigenvalue weighted by Crippen LogP contribution is 2.27. The maximum atomic E-state index is 10.2. The highest BCUT2D eigenvalue weighted by atomic mass is 16.3. The summed E-state index contributed by atoms with van der Waals surface area (Å²) in [7, 11) is 0. The van der Waals surface area contributed by atoms with Crippen molar-refractivity contribution in [1.82, 2.24) is 14.9 Å². The number of benzene rings is 1. The summed E-state index contributed by atoms with van der Waals surface area (Å²) < 4.78 is 2.07. The van der Waals surface area contributed by atoms with Crippen LogP contribution in [0.4, 0.5) is 0 Å². The Morgan fingerprint density at radius 2 is 2.32 bits per heavy atom. The average molecular weight is 296 g/mol. The summed E-state index contributed by atoms with van der Waals surface area (Å²) in [4.78, 5) is 4.05. The Morgan fingerprint density at radius 1 is 1.41 bits per heavy atom. The van der Waals surface area contributed by atoms with Crippen molar-refractivity contribution in [2.24, 2.45) is 5.92 Å². The van der Waals surface area contributed by atoms with Crippen molar-refractivity contribution >= 4 is 0 Å². The number of nitriles is 1. The van der Waals surface area contributed by atoms with Gasteiger partial charge >= 0.3 is 0 Å². The van der Waals surface area contributed by atoms with Crippen LogP contribution >= 0.6 is 0 Å². The third-order valence-electron chi connectivity index (χ3n) is 4.28. The topological polar surface area (TPSA) is 73.9 Å². The molecule has 22 heavy (non-hydrogen) atoms. The first-order valence-corrected chi connectivity index (χ1v) is 7.61. The van der Waals surface area contributed by atoms with Gasteiger partial charge in [-0.2, -0.15) is 5.26 Å². The fourth-order valence-electron chi connectivity index (χ4n) is 3.18. The highest BCUT2D eigenvalue weighted by molar-refractivity contribution is 5.32. The molecule has 1 aromatic heterocycles. The fraction of sp³-hybridized carbons (Fsp3) is 0.412. The number of hydrogen-bond acceptors (Lipinski definition) is 4. The van der Waals surface area contributed by atoms with E-state index in [9.17, 15) is 5.11 Å². The van der Waals surface area contributed by atoms with Crippen molar-refractivity contribution in [3.63, 3.8) is 0 Å². The van der Waals surface area contributed by atoms with Crippen LogP contribution in [0, 0.1) is 17.2 Å². The molecule has 0 amide bonds. The minimum atomic E-state index is -0.312. The molecule has 1 aromatic carbocycles. The first kappa shape index (κ1) is 14.8. The van der Waals surface area contributed by atoms with E-state index >= 15 is 0 Å². The molecule has 2 aromatic rings. The van der Waals surface area contributed by atoms with Crippen LogP contribution in [0.5, 0.6) is 0 Å². The van der Waals surface area contributed by atoms with E-state index in [1.54, 1.807) is 12.3 Å². The predicted molar refractivity (Wildman–Crippen MR) is 82.7 cm³/mol. The molecular weight excluding hydrogens is 276 g/mol. The van der Waals surface area contributed by atoms with Gasteiger partial charge in [0.05, 0.1) is 24.1 Å². The monoisotopic (exact) mass is 296 g/mol. The van der Waals surface area contributed by atoms with Gasteiger partial charge in [-0.3, -0.25) is 0 Å². The first-order valence-electron chi connectivity index (χ1n) is 7.61. The molecule has 1 saturated carbocycles. The van der Waals surface area contributed by atoms with Gasteiger partial charge < -0.3 is 15.0 Å². The Morgan fingerprint density at radius 3 is 3.09 bits per heavy atom. The van der Waals surface area contributed by atoms with Gasteiger partial charge in [0, 0.05) is 31.5 Å². The fourth-order valence-corrected chi connectivity index (χ4v) is 3.18. The van der Waals surface area contributed by atoms with Crippen molar-refractivity contribution in [1.29, 1.82) is 5.26 Å². The normalized spacial score (nSPS) is 24.3.